The topological polar surface area (TPSA) is 0 Å². The smallest absolute Gasteiger partial charge is 0.0195 e. The van der Waals surface area contributed by atoms with Gasteiger partial charge in [-0.15, -0.1) is 0 Å². The van der Waals surface area contributed by atoms with E-state index in [9.17, 15) is 0 Å². The van der Waals surface area contributed by atoms with E-state index >= 15 is 0 Å². The molecule has 1 aromatic carbocycles. The van der Waals surface area contributed by atoms with Crippen LogP contribution in [0.4, 0.5) is 0 Å². The van der Waals surface area contributed by atoms with Crippen LogP contribution in [0.2, 0.25) is 0 Å². The highest BCUT2D eigenvalue weighted by Crippen LogP contribution is 2.32. The Kier molecular flexibility index (Phi) is 3.94. The van der Waals surface area contributed by atoms with E-state index in [0.717, 1.165) is 0 Å². The van der Waals surface area contributed by atoms with E-state index in [-0.39, 0.29) is 0 Å². The molecule has 0 atom stereocenters. The molecule has 1 aliphatic rings. The van der Waals surface area contributed by atoms with Crippen molar-refractivity contribution >= 4 is 5.57 Å². The minimum Gasteiger partial charge on any atom is -0.0838 e. The maximum atomic E-state index is 2.31. The Labute approximate surface area is 87.7 Å². The molecule has 2 rings (SSSR count). The second-order valence-corrected chi connectivity index (χ2v) is 3.47. The molecule has 0 heteroatoms. The summed E-state index contributed by atoms with van der Waals surface area (Å²) in [6.45, 7) is 8.29. The maximum Gasteiger partial charge on any atom is -0.0195 e. The molecular weight excluding hydrogens is 168 g/mol. The lowest BCUT2D eigenvalue weighted by molar-refractivity contribution is 1.08. The van der Waals surface area contributed by atoms with Crippen LogP contribution in [0, 0.1) is 6.92 Å². The highest BCUT2D eigenvalue weighted by Gasteiger charge is 2.14. The number of allylic oxidation sites excluding steroid dienone is 2. The van der Waals surface area contributed by atoms with Gasteiger partial charge < -0.3 is 0 Å². The molecule has 0 nitrogen and oxygen atoms in total. The first-order valence-corrected chi connectivity index (χ1v) is 5.56. The fraction of sp³-hybridized carbons (Fsp3) is 0.429. The molecule has 1 aromatic rings. The first-order valence-electron chi connectivity index (χ1n) is 5.56. The van der Waals surface area contributed by atoms with Gasteiger partial charge in [0.15, 0.2) is 0 Å². The van der Waals surface area contributed by atoms with Gasteiger partial charge in [-0.05, 0) is 43.4 Å². The zero-order valence-corrected chi connectivity index (χ0v) is 9.72. The lowest BCUT2D eigenvalue weighted by atomic mass is 10.1. The predicted molar refractivity (Wildman–Crippen MR) is 64.5 cm³/mol. The molecule has 0 unspecified atom stereocenters. The zero-order valence-electron chi connectivity index (χ0n) is 9.72. The lowest BCUT2D eigenvalue weighted by Gasteiger charge is -2.00. The number of hydrogen-bond donors (Lipinski definition) is 0. The van der Waals surface area contributed by atoms with Crippen LogP contribution in [0.3, 0.4) is 0 Å². The van der Waals surface area contributed by atoms with E-state index < -0.39 is 0 Å². The van der Waals surface area contributed by atoms with Gasteiger partial charge >= 0.3 is 0 Å². The van der Waals surface area contributed by atoms with Gasteiger partial charge in [0.25, 0.3) is 0 Å². The number of aryl methyl sites for hydroxylation is 2. The Morgan fingerprint density at radius 2 is 1.86 bits per heavy atom. The molecule has 0 saturated carbocycles. The number of hydrogen-bond acceptors (Lipinski definition) is 0. The summed E-state index contributed by atoms with van der Waals surface area (Å²) in [5.41, 5.74) is 5.90. The Balaban J connectivity index is 0.000000461. The normalized spacial score (nSPS) is 16.1. The lowest BCUT2D eigenvalue weighted by Crippen LogP contribution is -1.81. The van der Waals surface area contributed by atoms with Crippen molar-refractivity contribution in [1.82, 2.24) is 0 Å². The number of benzene rings is 1. The van der Waals surface area contributed by atoms with E-state index in [1.165, 1.54) is 35.1 Å². The van der Waals surface area contributed by atoms with Crippen LogP contribution >= 0.6 is 0 Å². The van der Waals surface area contributed by atoms with Gasteiger partial charge in [-0.25, -0.2) is 0 Å². The van der Waals surface area contributed by atoms with Crippen LogP contribution in [0.1, 0.15) is 43.9 Å². The molecule has 14 heavy (non-hydrogen) atoms. The van der Waals surface area contributed by atoms with Crippen LogP contribution in [-0.2, 0) is 6.42 Å². The average Bonchev–Trinajstić information content (AvgIpc) is 2.62. The molecule has 0 aromatic heterocycles. The molecule has 76 valence electrons. The molecule has 0 fully saturated rings. The standard InChI is InChI=1S/C12H14.C2H6/c1-3-10-5-6-11-8-9(2)4-7-12(10)11;1-2/h3-4,7-8H,5-6H2,1-2H3;1-2H3/b10-3+;. The third-order valence-electron chi connectivity index (χ3n) is 2.62. The first-order chi connectivity index (χ1) is 6.81. The van der Waals surface area contributed by atoms with Crippen molar-refractivity contribution in [3.05, 3.63) is 41.0 Å². The fourth-order valence-corrected chi connectivity index (χ4v) is 1.95. The van der Waals surface area contributed by atoms with Crippen LogP contribution in [-0.4, -0.2) is 0 Å². The van der Waals surface area contributed by atoms with Crippen molar-refractivity contribution in [2.75, 3.05) is 0 Å². The van der Waals surface area contributed by atoms with Gasteiger partial charge in [0.05, 0.1) is 0 Å². The molecule has 0 aliphatic heterocycles. The predicted octanol–water partition coefficient (Wildman–Crippen LogP) is 4.37. The van der Waals surface area contributed by atoms with Crippen LogP contribution < -0.4 is 0 Å². The molecule has 0 amide bonds. The molecule has 0 heterocycles. The van der Waals surface area contributed by atoms with Gasteiger partial charge in [-0.2, -0.15) is 0 Å². The molecule has 0 saturated heterocycles. The summed E-state index contributed by atoms with van der Waals surface area (Å²) in [6.07, 6.45) is 4.70. The second-order valence-electron chi connectivity index (χ2n) is 3.47. The Morgan fingerprint density at radius 1 is 1.14 bits per heavy atom. The second kappa shape index (κ2) is 4.99. The van der Waals surface area contributed by atoms with Gasteiger partial charge in [-0.1, -0.05) is 43.7 Å². The summed E-state index contributed by atoms with van der Waals surface area (Å²) >= 11 is 0. The summed E-state index contributed by atoms with van der Waals surface area (Å²) < 4.78 is 0. The Hall–Kier alpha value is -1.04. The van der Waals surface area contributed by atoms with E-state index in [1.54, 1.807) is 0 Å². The van der Waals surface area contributed by atoms with Crippen LogP contribution in [0.5, 0.6) is 0 Å². The third-order valence-corrected chi connectivity index (χ3v) is 2.62. The quantitative estimate of drug-likeness (QED) is 0.567. The third kappa shape index (κ3) is 2.06. The first kappa shape index (κ1) is 11.0. The largest absolute Gasteiger partial charge is 0.0838 e. The molecule has 1 aliphatic carbocycles. The summed E-state index contributed by atoms with van der Waals surface area (Å²) in [5.74, 6) is 0. The van der Waals surface area contributed by atoms with Crippen molar-refractivity contribution < 1.29 is 0 Å². The maximum absolute atomic E-state index is 2.31. The summed E-state index contributed by atoms with van der Waals surface area (Å²) in [5, 5.41) is 0. The minimum absolute atomic E-state index is 1.23. The molecule has 0 N–H and O–H groups in total. The summed E-state index contributed by atoms with van der Waals surface area (Å²) in [7, 11) is 0. The summed E-state index contributed by atoms with van der Waals surface area (Å²) in [6, 6.07) is 6.77. The molecule has 0 radical (unpaired) electrons. The molecule has 0 spiro atoms. The van der Waals surface area contributed by atoms with E-state index in [2.05, 4.69) is 38.1 Å². The zero-order chi connectivity index (χ0) is 10.6. The number of fused-ring (bicyclic) bond motifs is 1. The fourth-order valence-electron chi connectivity index (χ4n) is 1.95. The van der Waals surface area contributed by atoms with E-state index in [4.69, 9.17) is 0 Å². The van der Waals surface area contributed by atoms with Crippen molar-refractivity contribution in [3.8, 4) is 0 Å². The SMILES string of the molecule is C/C=C1\CCc2cc(C)ccc21.CC. The van der Waals surface area contributed by atoms with Gasteiger partial charge in [0, 0.05) is 0 Å². The monoisotopic (exact) mass is 188 g/mol. The molecule has 0 bridgehead atoms. The van der Waals surface area contributed by atoms with Crippen molar-refractivity contribution in [3.63, 3.8) is 0 Å². The van der Waals surface area contributed by atoms with Gasteiger partial charge in [0.2, 0.25) is 0 Å². The van der Waals surface area contributed by atoms with E-state index in [0.29, 0.717) is 0 Å². The van der Waals surface area contributed by atoms with E-state index in [1.807, 2.05) is 13.8 Å². The van der Waals surface area contributed by atoms with Crippen molar-refractivity contribution in [2.45, 2.75) is 40.5 Å². The van der Waals surface area contributed by atoms with Crippen LogP contribution in [0.15, 0.2) is 24.3 Å². The highest BCUT2D eigenvalue weighted by atomic mass is 14.2. The van der Waals surface area contributed by atoms with Gasteiger partial charge in [-0.3, -0.25) is 0 Å². The Morgan fingerprint density at radius 3 is 2.50 bits per heavy atom. The minimum atomic E-state index is 1.23. The highest BCUT2D eigenvalue weighted by molar-refractivity contribution is 5.72. The van der Waals surface area contributed by atoms with Gasteiger partial charge in [0.1, 0.15) is 0 Å². The average molecular weight is 188 g/mol. The molecular formula is C14H20. The number of rotatable bonds is 0. The van der Waals surface area contributed by atoms with Crippen LogP contribution in [0.25, 0.3) is 5.57 Å². The summed E-state index contributed by atoms with van der Waals surface area (Å²) in [4.78, 5) is 0. The van der Waals surface area contributed by atoms with Crippen molar-refractivity contribution in [1.29, 1.82) is 0 Å². The van der Waals surface area contributed by atoms with Crippen molar-refractivity contribution in [2.24, 2.45) is 0 Å². The Bertz CT molecular complexity index is 332.